The lowest BCUT2D eigenvalue weighted by atomic mass is 9.46. The van der Waals surface area contributed by atoms with Gasteiger partial charge in [-0.15, -0.1) is 0 Å². The Hall–Kier alpha value is -0.163. The van der Waals surface area contributed by atoms with Crippen LogP contribution in [0.4, 0.5) is 0 Å². The minimum Gasteiger partial charge on any atom is -0.414 e. The van der Waals surface area contributed by atoms with Gasteiger partial charge in [-0.2, -0.15) is 0 Å². The maximum atomic E-state index is 11.7. The summed E-state index contributed by atoms with van der Waals surface area (Å²) in [6.07, 6.45) is 15.9. The average Bonchev–Trinajstić information content (AvgIpc) is 3.16. The Morgan fingerprint density at radius 2 is 1.76 bits per heavy atom. The largest absolute Gasteiger partial charge is 0.414 e. The zero-order valence-electron chi connectivity index (χ0n) is 25.8. The molecule has 0 aromatic rings. The highest BCUT2D eigenvalue weighted by atomic mass is 28.4. The van der Waals surface area contributed by atoms with E-state index in [2.05, 4.69) is 67.6 Å². The van der Waals surface area contributed by atoms with Crippen LogP contribution in [0.5, 0.6) is 0 Å². The molecule has 0 amide bonds. The lowest BCUT2D eigenvalue weighted by molar-refractivity contribution is -0.105. The Morgan fingerprint density at radius 1 is 1.05 bits per heavy atom. The molecular weight excluding hydrogens is 472 g/mol. The Morgan fingerprint density at radius 3 is 2.41 bits per heavy atom. The number of rotatable bonds is 8. The molecule has 0 aromatic carbocycles. The summed E-state index contributed by atoms with van der Waals surface area (Å²) < 4.78 is 6.92. The maximum Gasteiger partial charge on any atom is 0.192 e. The second-order valence-electron chi connectivity index (χ2n) is 16.2. The van der Waals surface area contributed by atoms with Crippen LogP contribution in [0, 0.1) is 40.4 Å². The summed E-state index contributed by atoms with van der Waals surface area (Å²) in [5.74, 6) is 3.07. The maximum absolute atomic E-state index is 11.7. The van der Waals surface area contributed by atoms with Crippen LogP contribution in [0.3, 0.4) is 0 Å². The number of aliphatic hydroxyl groups is 2. The molecule has 4 heteroatoms. The van der Waals surface area contributed by atoms with E-state index in [1.807, 2.05) is 0 Å². The van der Waals surface area contributed by atoms with E-state index in [9.17, 15) is 10.2 Å². The molecule has 4 aliphatic rings. The van der Waals surface area contributed by atoms with Gasteiger partial charge >= 0.3 is 0 Å². The molecule has 0 spiro atoms. The first kappa shape index (κ1) is 29.8. The highest BCUT2D eigenvalue weighted by molar-refractivity contribution is 6.74. The van der Waals surface area contributed by atoms with Crippen LogP contribution in [-0.2, 0) is 4.43 Å². The van der Waals surface area contributed by atoms with E-state index in [-0.39, 0.29) is 17.1 Å². The SMILES string of the molecule is C[C@H](CO)CCCC(C)(O)[C@H]1CC[C@H]2[C@@H]3CC=C4C[C@@H](O[Si](C)(C)C(C)(C)C)CC[C@]4(C)[C@H]3CC[C@]12C. The fourth-order valence-corrected chi connectivity index (χ4v) is 10.8. The Balaban J connectivity index is 1.46. The predicted molar refractivity (Wildman–Crippen MR) is 158 cm³/mol. The summed E-state index contributed by atoms with van der Waals surface area (Å²) >= 11 is 0. The zero-order valence-corrected chi connectivity index (χ0v) is 26.8. The van der Waals surface area contributed by atoms with Gasteiger partial charge in [0.25, 0.3) is 0 Å². The molecule has 4 rings (SSSR count). The van der Waals surface area contributed by atoms with Gasteiger partial charge in [-0.3, -0.25) is 0 Å². The van der Waals surface area contributed by atoms with Gasteiger partial charge in [-0.25, -0.2) is 0 Å². The van der Waals surface area contributed by atoms with Crippen molar-refractivity contribution < 1.29 is 14.6 Å². The minimum absolute atomic E-state index is 0.256. The fourth-order valence-electron chi connectivity index (χ4n) is 9.42. The third kappa shape index (κ3) is 5.44. The number of fused-ring (bicyclic) bond motifs is 5. The standard InChI is InChI=1S/C33H60O3Si/c1-23(22-34)11-10-18-33(7,35)29-15-14-27-26-13-12-24-21-25(36-37(8,9)30(2,3)4)16-19-31(24,5)28(26)17-20-32(27,29)6/h12,23,25-29,34-35H,10-11,13-22H2,1-9H3/t23-,25-,26-,27-,28-,29-,31-,32-,33?/m0/s1. The molecule has 0 bridgehead atoms. The van der Waals surface area contributed by atoms with Crippen LogP contribution in [0.15, 0.2) is 11.6 Å². The van der Waals surface area contributed by atoms with E-state index in [4.69, 9.17) is 4.43 Å². The van der Waals surface area contributed by atoms with E-state index < -0.39 is 13.9 Å². The third-order valence-electron chi connectivity index (χ3n) is 12.8. The van der Waals surface area contributed by atoms with Gasteiger partial charge in [0.05, 0.1) is 5.60 Å². The smallest absolute Gasteiger partial charge is 0.192 e. The summed E-state index contributed by atoms with van der Waals surface area (Å²) in [6, 6.07) is 0. The summed E-state index contributed by atoms with van der Waals surface area (Å²) in [5, 5.41) is 21.4. The van der Waals surface area contributed by atoms with Crippen LogP contribution in [0.1, 0.15) is 119 Å². The second-order valence-corrected chi connectivity index (χ2v) is 21.0. The third-order valence-corrected chi connectivity index (χ3v) is 17.3. The first-order valence-corrected chi connectivity index (χ1v) is 18.7. The van der Waals surface area contributed by atoms with Crippen LogP contribution in [0.2, 0.25) is 18.1 Å². The first-order valence-electron chi connectivity index (χ1n) is 15.8. The summed E-state index contributed by atoms with van der Waals surface area (Å²) in [7, 11) is -1.74. The lowest BCUT2D eigenvalue weighted by Gasteiger charge is -2.59. The Bertz CT molecular complexity index is 841. The van der Waals surface area contributed by atoms with E-state index in [0.717, 1.165) is 43.4 Å². The molecule has 0 saturated heterocycles. The summed E-state index contributed by atoms with van der Waals surface area (Å²) in [5.41, 5.74) is 1.73. The molecule has 3 fully saturated rings. The van der Waals surface area contributed by atoms with Gasteiger partial charge < -0.3 is 14.6 Å². The van der Waals surface area contributed by atoms with Crippen LogP contribution in [0.25, 0.3) is 0 Å². The molecule has 4 aliphatic carbocycles. The van der Waals surface area contributed by atoms with Gasteiger partial charge in [-0.1, -0.05) is 59.6 Å². The Kier molecular flexibility index (Phi) is 8.34. The molecular formula is C33H60O3Si. The van der Waals surface area contributed by atoms with Crippen molar-refractivity contribution >= 4 is 8.32 Å². The van der Waals surface area contributed by atoms with Crippen molar-refractivity contribution in [3.05, 3.63) is 11.6 Å². The van der Waals surface area contributed by atoms with E-state index >= 15 is 0 Å². The van der Waals surface area contributed by atoms with Crippen molar-refractivity contribution in [3.8, 4) is 0 Å². The summed E-state index contributed by atoms with van der Waals surface area (Å²) in [4.78, 5) is 0. The molecule has 0 heterocycles. The summed E-state index contributed by atoms with van der Waals surface area (Å²) in [6.45, 7) is 21.5. The van der Waals surface area contributed by atoms with Crippen LogP contribution < -0.4 is 0 Å². The first-order chi connectivity index (χ1) is 17.0. The topological polar surface area (TPSA) is 49.7 Å². The molecule has 3 nitrogen and oxygen atoms in total. The normalized spacial score (nSPS) is 40.7. The van der Waals surface area contributed by atoms with E-state index in [1.54, 1.807) is 5.57 Å². The van der Waals surface area contributed by atoms with Crippen LogP contribution >= 0.6 is 0 Å². The molecule has 2 N–H and O–H groups in total. The molecule has 37 heavy (non-hydrogen) atoms. The van der Waals surface area contributed by atoms with Crippen molar-refractivity contribution in [3.63, 3.8) is 0 Å². The van der Waals surface area contributed by atoms with Gasteiger partial charge in [0, 0.05) is 12.7 Å². The second kappa shape index (κ2) is 10.3. The van der Waals surface area contributed by atoms with Gasteiger partial charge in [-0.05, 0) is 130 Å². The van der Waals surface area contributed by atoms with Crippen molar-refractivity contribution in [1.82, 2.24) is 0 Å². The number of allylic oxidation sites excluding steroid dienone is 1. The lowest BCUT2D eigenvalue weighted by Crippen LogP contribution is -2.53. The monoisotopic (exact) mass is 532 g/mol. The van der Waals surface area contributed by atoms with Gasteiger partial charge in [0.2, 0.25) is 0 Å². The Labute approximate surface area is 230 Å². The molecule has 1 unspecified atom stereocenters. The van der Waals surface area contributed by atoms with Crippen molar-refractivity contribution in [2.24, 2.45) is 40.4 Å². The molecule has 214 valence electrons. The number of hydrogen-bond donors (Lipinski definition) is 2. The molecule has 0 aromatic heterocycles. The van der Waals surface area contributed by atoms with Gasteiger partial charge in [0.15, 0.2) is 8.32 Å². The van der Waals surface area contributed by atoms with E-state index in [1.165, 1.54) is 44.9 Å². The number of hydrogen-bond acceptors (Lipinski definition) is 3. The number of aliphatic hydroxyl groups excluding tert-OH is 1. The average molecular weight is 533 g/mol. The highest BCUT2D eigenvalue weighted by Gasteiger charge is 2.61. The molecule has 3 saturated carbocycles. The minimum atomic E-state index is -1.74. The zero-order chi connectivity index (χ0) is 27.4. The van der Waals surface area contributed by atoms with Crippen molar-refractivity contribution in [2.45, 2.75) is 149 Å². The molecule has 0 radical (unpaired) electrons. The fraction of sp³-hybridized carbons (Fsp3) is 0.939. The van der Waals surface area contributed by atoms with Crippen LogP contribution in [-0.4, -0.2) is 36.8 Å². The van der Waals surface area contributed by atoms with E-state index in [0.29, 0.717) is 23.4 Å². The van der Waals surface area contributed by atoms with Crippen molar-refractivity contribution in [2.75, 3.05) is 6.61 Å². The molecule has 9 atom stereocenters. The quantitative estimate of drug-likeness (QED) is 0.243. The van der Waals surface area contributed by atoms with Gasteiger partial charge in [0.1, 0.15) is 0 Å². The van der Waals surface area contributed by atoms with Crippen molar-refractivity contribution in [1.29, 1.82) is 0 Å². The molecule has 0 aliphatic heterocycles. The highest BCUT2D eigenvalue weighted by Crippen LogP contribution is 2.68. The predicted octanol–water partition coefficient (Wildman–Crippen LogP) is 8.51.